The molecule has 1 N–H and O–H groups in total. The summed E-state index contributed by atoms with van der Waals surface area (Å²) in [6.07, 6.45) is -1.72. The molecule has 1 saturated carbocycles. The Morgan fingerprint density at radius 2 is 2.00 bits per heavy atom. The number of hydrogen-bond donors (Lipinski definition) is 1. The van der Waals surface area contributed by atoms with Gasteiger partial charge in [0.25, 0.3) is 0 Å². The lowest BCUT2D eigenvalue weighted by molar-refractivity contribution is -0.195. The van der Waals surface area contributed by atoms with Gasteiger partial charge in [-0.15, -0.1) is 5.10 Å². The van der Waals surface area contributed by atoms with E-state index in [2.05, 4.69) is 15.5 Å². The van der Waals surface area contributed by atoms with Crippen LogP contribution in [0.15, 0.2) is 5.16 Å². The summed E-state index contributed by atoms with van der Waals surface area (Å²) in [6, 6.07) is 0.161. The Hall–Kier alpha value is -0.830. The van der Waals surface area contributed by atoms with Crippen LogP contribution < -0.4 is 0 Å². The van der Waals surface area contributed by atoms with Crippen LogP contribution in [0.3, 0.4) is 0 Å². The zero-order valence-electron chi connectivity index (χ0n) is 10.2. The van der Waals surface area contributed by atoms with E-state index in [0.717, 1.165) is 37.4 Å². The first kappa shape index (κ1) is 14.6. The molecule has 1 aromatic rings. The number of hydrogen-bond acceptors (Lipinski definition) is 5. The molecule has 1 atom stereocenters. The van der Waals surface area contributed by atoms with Crippen molar-refractivity contribution < 1.29 is 18.3 Å². The molecule has 0 aromatic carbocycles. The number of alkyl halides is 3. The molecule has 0 saturated heterocycles. The van der Waals surface area contributed by atoms with Crippen LogP contribution >= 0.6 is 11.8 Å². The molecule has 0 amide bonds. The van der Waals surface area contributed by atoms with E-state index in [0.29, 0.717) is 5.16 Å². The molecule has 1 heterocycles. The molecular weight excluding hydrogens is 281 g/mol. The molecule has 0 radical (unpaired) electrons. The van der Waals surface area contributed by atoms with E-state index >= 15 is 0 Å². The van der Waals surface area contributed by atoms with E-state index in [1.165, 1.54) is 6.42 Å². The fraction of sp³-hybridized carbons (Fsp3) is 0.900. The molecule has 0 aliphatic heterocycles. The van der Waals surface area contributed by atoms with Crippen LogP contribution in [0, 0.1) is 0 Å². The van der Waals surface area contributed by atoms with Crippen molar-refractivity contribution in [3.8, 4) is 0 Å². The smallest absolute Gasteiger partial charge is 0.383 e. The largest absolute Gasteiger partial charge is 0.415 e. The van der Waals surface area contributed by atoms with Gasteiger partial charge in [0, 0.05) is 5.75 Å². The van der Waals surface area contributed by atoms with Crippen molar-refractivity contribution in [1.29, 1.82) is 0 Å². The van der Waals surface area contributed by atoms with Crippen LogP contribution in [0.5, 0.6) is 0 Å². The minimum absolute atomic E-state index is 0.161. The SMILES string of the molecule is O[C@H](CSc1nnnn1C1CCCCC1)C(F)(F)F. The highest BCUT2D eigenvalue weighted by atomic mass is 32.2. The van der Waals surface area contributed by atoms with Crippen LogP contribution in [0.1, 0.15) is 38.1 Å². The lowest BCUT2D eigenvalue weighted by Gasteiger charge is -2.22. The fourth-order valence-corrected chi connectivity index (χ4v) is 2.99. The fourth-order valence-electron chi connectivity index (χ4n) is 2.08. The second kappa shape index (κ2) is 6.08. The van der Waals surface area contributed by atoms with E-state index in [9.17, 15) is 13.2 Å². The van der Waals surface area contributed by atoms with Gasteiger partial charge >= 0.3 is 6.18 Å². The van der Waals surface area contributed by atoms with Gasteiger partial charge in [0.2, 0.25) is 5.16 Å². The third kappa shape index (κ3) is 3.82. The molecule has 9 heteroatoms. The molecule has 1 aliphatic rings. The van der Waals surface area contributed by atoms with Crippen LogP contribution in [0.4, 0.5) is 13.2 Å². The predicted molar refractivity (Wildman–Crippen MR) is 62.7 cm³/mol. The highest BCUT2D eigenvalue weighted by Gasteiger charge is 2.38. The number of thioether (sulfide) groups is 1. The lowest BCUT2D eigenvalue weighted by Crippen LogP contribution is -2.30. The van der Waals surface area contributed by atoms with E-state index in [4.69, 9.17) is 5.11 Å². The van der Waals surface area contributed by atoms with Crippen LogP contribution in [-0.2, 0) is 0 Å². The van der Waals surface area contributed by atoms with E-state index < -0.39 is 18.0 Å². The van der Waals surface area contributed by atoms with Crippen molar-refractivity contribution in [3.63, 3.8) is 0 Å². The molecule has 0 spiro atoms. The number of nitrogens with zero attached hydrogens (tertiary/aromatic N) is 4. The summed E-state index contributed by atoms with van der Waals surface area (Å²) in [5.41, 5.74) is 0. The van der Waals surface area contributed by atoms with Crippen molar-refractivity contribution in [3.05, 3.63) is 0 Å². The molecule has 1 aliphatic carbocycles. The summed E-state index contributed by atoms with van der Waals surface area (Å²) in [7, 11) is 0. The Bertz CT molecular complexity index is 406. The highest BCUT2D eigenvalue weighted by Crippen LogP contribution is 2.31. The highest BCUT2D eigenvalue weighted by molar-refractivity contribution is 7.99. The van der Waals surface area contributed by atoms with Gasteiger partial charge in [-0.05, 0) is 23.3 Å². The number of aliphatic hydroxyl groups excluding tert-OH is 1. The first-order chi connectivity index (χ1) is 8.98. The normalized spacial score (nSPS) is 19.6. The van der Waals surface area contributed by atoms with Crippen LogP contribution in [0.2, 0.25) is 0 Å². The number of halogens is 3. The third-order valence-electron chi connectivity index (χ3n) is 3.13. The first-order valence-corrected chi connectivity index (χ1v) is 7.12. The van der Waals surface area contributed by atoms with E-state index in [1.54, 1.807) is 4.68 Å². The Morgan fingerprint density at radius 1 is 1.32 bits per heavy atom. The number of aliphatic hydroxyl groups is 1. The minimum Gasteiger partial charge on any atom is -0.383 e. The molecule has 108 valence electrons. The van der Waals surface area contributed by atoms with Gasteiger partial charge in [-0.1, -0.05) is 31.0 Å². The van der Waals surface area contributed by atoms with Gasteiger partial charge in [-0.3, -0.25) is 0 Å². The molecular formula is C10H15F3N4OS. The van der Waals surface area contributed by atoms with Gasteiger partial charge < -0.3 is 5.11 Å². The molecule has 0 unspecified atom stereocenters. The zero-order valence-corrected chi connectivity index (χ0v) is 11.0. The van der Waals surface area contributed by atoms with E-state index in [1.807, 2.05) is 0 Å². The Balaban J connectivity index is 1.96. The predicted octanol–water partition coefficient (Wildman–Crippen LogP) is 2.19. The van der Waals surface area contributed by atoms with Gasteiger partial charge in [0.05, 0.1) is 6.04 Å². The van der Waals surface area contributed by atoms with E-state index in [-0.39, 0.29) is 6.04 Å². The lowest BCUT2D eigenvalue weighted by atomic mass is 9.96. The minimum atomic E-state index is -4.60. The molecule has 1 aromatic heterocycles. The maximum atomic E-state index is 12.2. The van der Waals surface area contributed by atoms with Crippen molar-refractivity contribution in [2.75, 3.05) is 5.75 Å². The molecule has 19 heavy (non-hydrogen) atoms. The Kier molecular flexibility index (Phi) is 4.67. The number of rotatable bonds is 4. The van der Waals surface area contributed by atoms with Gasteiger partial charge in [-0.25, -0.2) is 4.68 Å². The topological polar surface area (TPSA) is 63.8 Å². The average Bonchev–Trinajstić information content (AvgIpc) is 2.84. The van der Waals surface area contributed by atoms with Crippen molar-refractivity contribution in [2.24, 2.45) is 0 Å². The monoisotopic (exact) mass is 296 g/mol. The second-order valence-electron chi connectivity index (χ2n) is 4.57. The molecule has 1 fully saturated rings. The summed E-state index contributed by atoms with van der Waals surface area (Å²) < 4.78 is 38.2. The van der Waals surface area contributed by atoms with Crippen molar-refractivity contribution >= 4 is 11.8 Å². The van der Waals surface area contributed by atoms with Crippen molar-refractivity contribution in [2.45, 2.75) is 55.6 Å². The summed E-state index contributed by atoms with van der Waals surface area (Å²) >= 11 is 0.839. The van der Waals surface area contributed by atoms with Crippen molar-refractivity contribution in [1.82, 2.24) is 20.2 Å². The van der Waals surface area contributed by atoms with Gasteiger partial charge in [0.1, 0.15) is 0 Å². The van der Waals surface area contributed by atoms with Gasteiger partial charge in [-0.2, -0.15) is 13.2 Å². The Labute approximate surface area is 112 Å². The summed E-state index contributed by atoms with van der Waals surface area (Å²) in [4.78, 5) is 0. The zero-order chi connectivity index (χ0) is 13.9. The Morgan fingerprint density at radius 3 is 2.63 bits per heavy atom. The summed E-state index contributed by atoms with van der Waals surface area (Å²) in [5.74, 6) is -0.489. The number of tetrazole rings is 1. The molecule has 2 rings (SSSR count). The summed E-state index contributed by atoms with van der Waals surface area (Å²) in [6.45, 7) is 0. The maximum absolute atomic E-state index is 12.2. The standard InChI is InChI=1S/C10H15F3N4OS/c11-10(12,13)8(18)6-19-9-14-15-16-17(9)7-4-2-1-3-5-7/h7-8,18H,1-6H2/t8-/m1/s1. The maximum Gasteiger partial charge on any atom is 0.415 e. The average molecular weight is 296 g/mol. The van der Waals surface area contributed by atoms with Crippen LogP contribution in [-0.4, -0.2) is 43.3 Å². The quantitative estimate of drug-likeness (QED) is 0.863. The summed E-state index contributed by atoms with van der Waals surface area (Å²) in [5, 5.41) is 20.4. The van der Waals surface area contributed by atoms with Crippen LogP contribution in [0.25, 0.3) is 0 Å². The second-order valence-corrected chi connectivity index (χ2v) is 5.55. The molecule has 5 nitrogen and oxygen atoms in total. The molecule has 0 bridgehead atoms. The number of aromatic nitrogens is 4. The third-order valence-corrected chi connectivity index (χ3v) is 4.14. The van der Waals surface area contributed by atoms with Gasteiger partial charge in [0.15, 0.2) is 6.10 Å². The first-order valence-electron chi connectivity index (χ1n) is 6.14.